The molecule has 0 aliphatic carbocycles. The summed E-state index contributed by atoms with van der Waals surface area (Å²) < 4.78 is 18.4. The van der Waals surface area contributed by atoms with Crippen LogP contribution >= 0.6 is 0 Å². The van der Waals surface area contributed by atoms with Crippen molar-refractivity contribution in [2.75, 3.05) is 13.2 Å². The van der Waals surface area contributed by atoms with E-state index in [0.29, 0.717) is 26.0 Å². The fourth-order valence-electron chi connectivity index (χ4n) is 2.37. The molecular formula is C19H22FNO2. The molecule has 23 heavy (non-hydrogen) atoms. The predicted octanol–water partition coefficient (Wildman–Crippen LogP) is 3.57. The summed E-state index contributed by atoms with van der Waals surface area (Å²) in [4.78, 5) is 11.8. The molecule has 0 bridgehead atoms. The van der Waals surface area contributed by atoms with Gasteiger partial charge in [-0.2, -0.15) is 0 Å². The summed E-state index contributed by atoms with van der Waals surface area (Å²) in [6.45, 7) is 4.95. The van der Waals surface area contributed by atoms with E-state index in [1.807, 2.05) is 26.0 Å². The third kappa shape index (κ3) is 6.10. The van der Waals surface area contributed by atoms with Crippen LogP contribution in [0.1, 0.15) is 23.1 Å². The fraction of sp³-hybridized carbons (Fsp3) is 0.316. The largest absolute Gasteiger partial charge is 0.492 e. The zero-order chi connectivity index (χ0) is 16.7. The van der Waals surface area contributed by atoms with Gasteiger partial charge in [-0.05, 0) is 61.2 Å². The minimum absolute atomic E-state index is 0.0293. The second-order valence-electron chi connectivity index (χ2n) is 5.65. The lowest BCUT2D eigenvalue weighted by molar-refractivity contribution is -0.121. The van der Waals surface area contributed by atoms with Crippen LogP contribution in [0, 0.1) is 19.7 Å². The minimum Gasteiger partial charge on any atom is -0.492 e. The third-order valence-corrected chi connectivity index (χ3v) is 3.44. The van der Waals surface area contributed by atoms with Crippen LogP contribution in [0.3, 0.4) is 0 Å². The first-order chi connectivity index (χ1) is 11.0. The Morgan fingerprint density at radius 3 is 2.39 bits per heavy atom. The van der Waals surface area contributed by atoms with E-state index in [2.05, 4.69) is 11.4 Å². The predicted molar refractivity (Wildman–Crippen MR) is 89.1 cm³/mol. The quantitative estimate of drug-likeness (QED) is 0.793. The first-order valence-corrected chi connectivity index (χ1v) is 7.75. The van der Waals surface area contributed by atoms with Gasteiger partial charge in [-0.1, -0.05) is 18.2 Å². The Bertz CT molecular complexity index is 633. The van der Waals surface area contributed by atoms with Gasteiger partial charge in [0.2, 0.25) is 5.91 Å². The van der Waals surface area contributed by atoms with Crippen LogP contribution in [0.4, 0.5) is 4.39 Å². The number of hydrogen-bond acceptors (Lipinski definition) is 2. The van der Waals surface area contributed by atoms with Gasteiger partial charge >= 0.3 is 0 Å². The van der Waals surface area contributed by atoms with Crippen LogP contribution in [-0.2, 0) is 11.2 Å². The molecule has 122 valence electrons. The average molecular weight is 315 g/mol. The molecule has 2 aromatic rings. The molecule has 0 saturated heterocycles. The molecule has 0 saturated carbocycles. The lowest BCUT2D eigenvalue weighted by Crippen LogP contribution is -2.28. The van der Waals surface area contributed by atoms with E-state index in [0.717, 1.165) is 22.4 Å². The Morgan fingerprint density at radius 1 is 1.09 bits per heavy atom. The standard InChI is InChI=1S/C19H22FNO2/c1-14-11-15(2)13-18(12-14)23-10-9-21-19(22)8-5-16-3-6-17(20)7-4-16/h3-4,6-7,11-13H,5,8-10H2,1-2H3,(H,21,22). The van der Waals surface area contributed by atoms with Crippen LogP contribution in [0.2, 0.25) is 0 Å². The third-order valence-electron chi connectivity index (χ3n) is 3.44. The van der Waals surface area contributed by atoms with Crippen LogP contribution in [-0.4, -0.2) is 19.1 Å². The number of nitrogens with one attached hydrogen (secondary N) is 1. The summed E-state index contributed by atoms with van der Waals surface area (Å²) in [5.41, 5.74) is 3.26. The highest BCUT2D eigenvalue weighted by molar-refractivity contribution is 5.76. The molecule has 0 aromatic heterocycles. The molecule has 3 nitrogen and oxygen atoms in total. The normalized spacial score (nSPS) is 10.4. The molecule has 0 fully saturated rings. The summed E-state index contributed by atoms with van der Waals surface area (Å²) in [6, 6.07) is 12.3. The molecule has 0 heterocycles. The molecule has 4 heteroatoms. The molecule has 0 unspecified atom stereocenters. The van der Waals surface area contributed by atoms with Gasteiger partial charge in [0.1, 0.15) is 18.2 Å². The zero-order valence-corrected chi connectivity index (χ0v) is 13.6. The Balaban J connectivity index is 1.65. The molecule has 0 radical (unpaired) electrons. The highest BCUT2D eigenvalue weighted by Gasteiger charge is 2.03. The van der Waals surface area contributed by atoms with Crippen molar-refractivity contribution in [3.05, 3.63) is 65.0 Å². The summed E-state index contributed by atoms with van der Waals surface area (Å²) in [6.07, 6.45) is 0.985. The molecule has 2 aromatic carbocycles. The van der Waals surface area contributed by atoms with Crippen molar-refractivity contribution in [3.8, 4) is 5.75 Å². The van der Waals surface area contributed by atoms with E-state index in [4.69, 9.17) is 4.74 Å². The zero-order valence-electron chi connectivity index (χ0n) is 13.6. The summed E-state index contributed by atoms with van der Waals surface area (Å²) in [5.74, 6) is 0.531. The van der Waals surface area contributed by atoms with Gasteiger partial charge in [0.25, 0.3) is 0 Å². The minimum atomic E-state index is -0.262. The number of carbonyl (C=O) groups is 1. The van der Waals surface area contributed by atoms with E-state index in [-0.39, 0.29) is 11.7 Å². The molecule has 0 atom stereocenters. The van der Waals surface area contributed by atoms with Crippen molar-refractivity contribution in [3.63, 3.8) is 0 Å². The summed E-state index contributed by atoms with van der Waals surface area (Å²) in [7, 11) is 0. The number of amides is 1. The summed E-state index contributed by atoms with van der Waals surface area (Å²) in [5, 5.41) is 2.83. The van der Waals surface area contributed by atoms with Gasteiger partial charge < -0.3 is 10.1 Å². The number of carbonyl (C=O) groups excluding carboxylic acids is 1. The van der Waals surface area contributed by atoms with Gasteiger partial charge in [-0.3, -0.25) is 4.79 Å². The average Bonchev–Trinajstić information content (AvgIpc) is 2.50. The molecule has 2 rings (SSSR count). The number of ether oxygens (including phenoxy) is 1. The first kappa shape index (κ1) is 17.0. The number of aryl methyl sites for hydroxylation is 3. The van der Waals surface area contributed by atoms with Crippen molar-refractivity contribution in [2.45, 2.75) is 26.7 Å². The maximum absolute atomic E-state index is 12.8. The molecule has 1 N–H and O–H groups in total. The van der Waals surface area contributed by atoms with Crippen molar-refractivity contribution in [1.82, 2.24) is 5.32 Å². The van der Waals surface area contributed by atoms with Gasteiger partial charge in [-0.25, -0.2) is 4.39 Å². The Hall–Kier alpha value is -2.36. The number of rotatable bonds is 7. The first-order valence-electron chi connectivity index (χ1n) is 7.75. The van der Waals surface area contributed by atoms with E-state index in [1.165, 1.54) is 12.1 Å². The van der Waals surface area contributed by atoms with E-state index in [1.54, 1.807) is 12.1 Å². The highest BCUT2D eigenvalue weighted by Crippen LogP contribution is 2.15. The Morgan fingerprint density at radius 2 is 1.74 bits per heavy atom. The number of hydrogen-bond donors (Lipinski definition) is 1. The highest BCUT2D eigenvalue weighted by atomic mass is 19.1. The van der Waals surface area contributed by atoms with Gasteiger partial charge in [-0.15, -0.1) is 0 Å². The van der Waals surface area contributed by atoms with Crippen LogP contribution < -0.4 is 10.1 Å². The lowest BCUT2D eigenvalue weighted by atomic mass is 10.1. The molecule has 1 amide bonds. The fourth-order valence-corrected chi connectivity index (χ4v) is 2.37. The maximum Gasteiger partial charge on any atom is 0.220 e. The van der Waals surface area contributed by atoms with E-state index < -0.39 is 0 Å². The molecule has 0 aliphatic heterocycles. The van der Waals surface area contributed by atoms with Crippen LogP contribution in [0.25, 0.3) is 0 Å². The molecule has 0 aliphatic rings. The maximum atomic E-state index is 12.8. The number of benzene rings is 2. The van der Waals surface area contributed by atoms with E-state index >= 15 is 0 Å². The molecule has 0 spiro atoms. The second kappa shape index (κ2) is 8.32. The van der Waals surface area contributed by atoms with Crippen molar-refractivity contribution < 1.29 is 13.9 Å². The van der Waals surface area contributed by atoms with Crippen molar-refractivity contribution in [1.29, 1.82) is 0 Å². The monoisotopic (exact) mass is 315 g/mol. The van der Waals surface area contributed by atoms with Crippen LogP contribution in [0.5, 0.6) is 5.75 Å². The van der Waals surface area contributed by atoms with E-state index in [9.17, 15) is 9.18 Å². The Kier molecular flexibility index (Phi) is 6.15. The lowest BCUT2D eigenvalue weighted by Gasteiger charge is -2.09. The summed E-state index contributed by atoms with van der Waals surface area (Å²) >= 11 is 0. The van der Waals surface area contributed by atoms with Gasteiger partial charge in [0, 0.05) is 6.42 Å². The van der Waals surface area contributed by atoms with Gasteiger partial charge in [0.15, 0.2) is 0 Å². The molecular weight excluding hydrogens is 293 g/mol. The van der Waals surface area contributed by atoms with Crippen molar-refractivity contribution >= 4 is 5.91 Å². The SMILES string of the molecule is Cc1cc(C)cc(OCCNC(=O)CCc2ccc(F)cc2)c1. The van der Waals surface area contributed by atoms with Crippen molar-refractivity contribution in [2.24, 2.45) is 0 Å². The number of halogens is 1. The second-order valence-corrected chi connectivity index (χ2v) is 5.65. The van der Waals surface area contributed by atoms with Gasteiger partial charge in [0.05, 0.1) is 6.54 Å². The topological polar surface area (TPSA) is 38.3 Å². The van der Waals surface area contributed by atoms with Crippen LogP contribution in [0.15, 0.2) is 42.5 Å². The Labute approximate surface area is 136 Å². The smallest absolute Gasteiger partial charge is 0.220 e.